The molecule has 21 heavy (non-hydrogen) atoms. The van der Waals surface area contributed by atoms with Crippen LogP contribution in [-0.4, -0.2) is 32.1 Å². The van der Waals surface area contributed by atoms with Gasteiger partial charge in [0.2, 0.25) is 0 Å². The van der Waals surface area contributed by atoms with Crippen LogP contribution in [0.4, 0.5) is 0 Å². The molecule has 0 aliphatic carbocycles. The van der Waals surface area contributed by atoms with Crippen molar-refractivity contribution in [1.82, 2.24) is 5.32 Å². The molecular formula is C15H20N2O4. The van der Waals surface area contributed by atoms with E-state index in [1.165, 1.54) is 7.11 Å². The van der Waals surface area contributed by atoms with E-state index in [2.05, 4.69) is 10.1 Å². The molecule has 3 N–H and O–H groups in total. The van der Waals surface area contributed by atoms with Gasteiger partial charge >= 0.3 is 5.97 Å². The molecule has 0 bridgehead atoms. The highest BCUT2D eigenvalue weighted by Gasteiger charge is 2.18. The van der Waals surface area contributed by atoms with E-state index in [0.717, 1.165) is 5.56 Å². The summed E-state index contributed by atoms with van der Waals surface area (Å²) in [6.07, 6.45) is 1.64. The molecule has 1 heterocycles. The number of carbonyl (C=O) groups is 2. The molecule has 2 rings (SSSR count). The number of fused-ring (bicyclic) bond motifs is 1. The second-order valence-electron chi connectivity index (χ2n) is 4.93. The van der Waals surface area contributed by atoms with Crippen molar-refractivity contribution in [3.8, 4) is 5.75 Å². The number of esters is 1. The van der Waals surface area contributed by atoms with Gasteiger partial charge in [0.1, 0.15) is 12.4 Å². The third-order valence-corrected chi connectivity index (χ3v) is 3.45. The fourth-order valence-corrected chi connectivity index (χ4v) is 2.24. The molecule has 0 radical (unpaired) electrons. The van der Waals surface area contributed by atoms with Crippen LogP contribution in [0.3, 0.4) is 0 Å². The molecule has 0 saturated heterocycles. The molecule has 114 valence electrons. The molecule has 1 aliphatic rings. The molecule has 6 nitrogen and oxygen atoms in total. The molecule has 1 aromatic rings. The van der Waals surface area contributed by atoms with Gasteiger partial charge in [-0.1, -0.05) is 6.07 Å². The summed E-state index contributed by atoms with van der Waals surface area (Å²) in [5.74, 6) is 0.193. The Hall–Kier alpha value is -2.08. The second-order valence-corrected chi connectivity index (χ2v) is 4.93. The Morgan fingerprint density at radius 1 is 1.52 bits per heavy atom. The number of methoxy groups -OCH3 is 1. The largest absolute Gasteiger partial charge is 0.491 e. The first-order valence-electron chi connectivity index (χ1n) is 6.99. The molecule has 0 aromatic heterocycles. The zero-order valence-corrected chi connectivity index (χ0v) is 12.1. The fraction of sp³-hybridized carbons (Fsp3) is 0.467. The predicted octanol–water partition coefficient (Wildman–Crippen LogP) is 1.15. The molecule has 0 spiro atoms. The van der Waals surface area contributed by atoms with E-state index in [9.17, 15) is 9.59 Å². The molecular weight excluding hydrogens is 272 g/mol. The summed E-state index contributed by atoms with van der Waals surface area (Å²) in [6, 6.07) is 5.17. The molecule has 1 aromatic carbocycles. The second kappa shape index (κ2) is 7.08. The van der Waals surface area contributed by atoms with Crippen molar-refractivity contribution < 1.29 is 19.1 Å². The highest BCUT2D eigenvalue weighted by Crippen LogP contribution is 2.26. The molecule has 1 unspecified atom stereocenters. The lowest BCUT2D eigenvalue weighted by molar-refractivity contribution is -0.140. The summed E-state index contributed by atoms with van der Waals surface area (Å²) in [6.45, 7) is 0.956. The average molecular weight is 292 g/mol. The van der Waals surface area contributed by atoms with Crippen LogP contribution in [0.2, 0.25) is 0 Å². The number of nitrogens with one attached hydrogen (secondary N) is 1. The van der Waals surface area contributed by atoms with Crippen molar-refractivity contribution in [2.24, 2.45) is 5.73 Å². The highest BCUT2D eigenvalue weighted by molar-refractivity contribution is 5.97. The van der Waals surface area contributed by atoms with Crippen LogP contribution < -0.4 is 15.8 Å². The zero-order valence-electron chi connectivity index (χ0n) is 12.1. The van der Waals surface area contributed by atoms with Gasteiger partial charge in [-0.2, -0.15) is 0 Å². The molecule has 1 aliphatic heterocycles. The van der Waals surface area contributed by atoms with Crippen LogP contribution in [-0.2, 0) is 9.53 Å². The summed E-state index contributed by atoms with van der Waals surface area (Å²) in [4.78, 5) is 23.0. The van der Waals surface area contributed by atoms with Crippen molar-refractivity contribution in [3.05, 3.63) is 29.3 Å². The Balaban J connectivity index is 2.03. The Bertz CT molecular complexity index is 530. The topological polar surface area (TPSA) is 90.7 Å². The lowest BCUT2D eigenvalue weighted by atomic mass is 9.99. The number of hydrogen-bond donors (Lipinski definition) is 2. The standard InChI is InChI=1S/C15H20N2O4/c1-20-14(18)4-2-3-12(16)10-5-6-13-11(9-10)15(19)17-7-8-21-13/h5-6,9,12H,2-4,7-8,16H2,1H3,(H,17,19). The van der Waals surface area contributed by atoms with Gasteiger partial charge in [0.25, 0.3) is 5.91 Å². The predicted molar refractivity (Wildman–Crippen MR) is 77.1 cm³/mol. The molecule has 1 atom stereocenters. The van der Waals surface area contributed by atoms with Crippen LogP contribution in [0.5, 0.6) is 5.75 Å². The van der Waals surface area contributed by atoms with Crippen molar-refractivity contribution in [3.63, 3.8) is 0 Å². The molecule has 0 fully saturated rings. The van der Waals surface area contributed by atoms with Gasteiger partial charge in [0.05, 0.1) is 19.2 Å². The number of amides is 1. The summed E-state index contributed by atoms with van der Waals surface area (Å²) in [5.41, 5.74) is 7.48. The van der Waals surface area contributed by atoms with Crippen LogP contribution in [0.1, 0.15) is 41.2 Å². The van der Waals surface area contributed by atoms with Gasteiger partial charge in [0.15, 0.2) is 0 Å². The first-order chi connectivity index (χ1) is 10.1. The lowest BCUT2D eigenvalue weighted by Gasteiger charge is -2.14. The molecule has 1 amide bonds. The smallest absolute Gasteiger partial charge is 0.305 e. The summed E-state index contributed by atoms with van der Waals surface area (Å²) >= 11 is 0. The lowest BCUT2D eigenvalue weighted by Crippen LogP contribution is -2.24. The number of ether oxygens (including phenoxy) is 2. The van der Waals surface area contributed by atoms with Crippen LogP contribution in [0, 0.1) is 0 Å². The number of nitrogens with two attached hydrogens (primary N) is 1. The highest BCUT2D eigenvalue weighted by atomic mass is 16.5. The van der Waals surface area contributed by atoms with Gasteiger partial charge in [0, 0.05) is 12.5 Å². The third kappa shape index (κ3) is 3.95. The molecule has 6 heteroatoms. The summed E-state index contributed by atoms with van der Waals surface area (Å²) in [7, 11) is 1.37. The van der Waals surface area contributed by atoms with E-state index in [1.807, 2.05) is 6.07 Å². The minimum atomic E-state index is -0.239. The number of carbonyl (C=O) groups excluding carboxylic acids is 2. The summed E-state index contributed by atoms with van der Waals surface area (Å²) in [5, 5.41) is 2.77. The number of hydrogen-bond acceptors (Lipinski definition) is 5. The van der Waals surface area contributed by atoms with Crippen LogP contribution >= 0.6 is 0 Å². The monoisotopic (exact) mass is 292 g/mol. The van der Waals surface area contributed by atoms with Crippen molar-refractivity contribution in [1.29, 1.82) is 0 Å². The first-order valence-corrected chi connectivity index (χ1v) is 6.99. The van der Waals surface area contributed by atoms with Gasteiger partial charge in [-0.3, -0.25) is 9.59 Å². The third-order valence-electron chi connectivity index (χ3n) is 3.45. The average Bonchev–Trinajstić information content (AvgIpc) is 2.68. The van der Waals surface area contributed by atoms with Crippen molar-refractivity contribution in [2.75, 3.05) is 20.3 Å². The van der Waals surface area contributed by atoms with Gasteiger partial charge < -0.3 is 20.5 Å². The Labute approximate surface area is 123 Å². The van der Waals surface area contributed by atoms with E-state index in [4.69, 9.17) is 10.5 Å². The first kappa shape index (κ1) is 15.3. The van der Waals surface area contributed by atoms with Crippen LogP contribution in [0.15, 0.2) is 18.2 Å². The fourth-order valence-electron chi connectivity index (χ4n) is 2.24. The van der Waals surface area contributed by atoms with Crippen LogP contribution in [0.25, 0.3) is 0 Å². The van der Waals surface area contributed by atoms with E-state index in [-0.39, 0.29) is 17.9 Å². The van der Waals surface area contributed by atoms with Gasteiger partial charge in [-0.05, 0) is 30.5 Å². The van der Waals surface area contributed by atoms with E-state index < -0.39 is 0 Å². The molecule has 0 saturated carbocycles. The number of benzene rings is 1. The van der Waals surface area contributed by atoms with Crippen molar-refractivity contribution in [2.45, 2.75) is 25.3 Å². The van der Waals surface area contributed by atoms with E-state index in [1.54, 1.807) is 12.1 Å². The zero-order chi connectivity index (χ0) is 15.2. The van der Waals surface area contributed by atoms with E-state index >= 15 is 0 Å². The minimum Gasteiger partial charge on any atom is -0.491 e. The maximum absolute atomic E-state index is 11.9. The minimum absolute atomic E-state index is 0.147. The summed E-state index contributed by atoms with van der Waals surface area (Å²) < 4.78 is 10.1. The number of rotatable bonds is 5. The maximum atomic E-state index is 11.9. The Kier molecular flexibility index (Phi) is 5.16. The van der Waals surface area contributed by atoms with Crippen molar-refractivity contribution >= 4 is 11.9 Å². The van der Waals surface area contributed by atoms with Gasteiger partial charge in [-0.25, -0.2) is 0 Å². The van der Waals surface area contributed by atoms with Gasteiger partial charge in [-0.15, -0.1) is 0 Å². The Morgan fingerprint density at radius 2 is 2.33 bits per heavy atom. The maximum Gasteiger partial charge on any atom is 0.305 e. The van der Waals surface area contributed by atoms with E-state index in [0.29, 0.717) is 43.7 Å². The quantitative estimate of drug-likeness (QED) is 0.794. The Morgan fingerprint density at radius 3 is 3.10 bits per heavy atom. The normalized spacial score (nSPS) is 15.2. The SMILES string of the molecule is COC(=O)CCCC(N)c1ccc2c(c1)C(=O)NCCO2.